The van der Waals surface area contributed by atoms with Gasteiger partial charge in [0, 0.05) is 14.6 Å². The number of benzene rings is 1. The third-order valence-corrected chi connectivity index (χ3v) is 4.85. The van der Waals surface area contributed by atoms with Crippen molar-refractivity contribution in [2.45, 2.75) is 58.5 Å². The monoisotopic (exact) mass is 305 g/mol. The van der Waals surface area contributed by atoms with Crippen LogP contribution < -0.4 is 4.90 Å². The Bertz CT molecular complexity index is 541. The zero-order valence-corrected chi connectivity index (χ0v) is 15.1. The third-order valence-electron chi connectivity index (χ3n) is 3.41. The Kier molecular flexibility index (Phi) is 4.20. The predicted octanol–water partition coefficient (Wildman–Crippen LogP) is 4.40. The van der Waals surface area contributed by atoms with Crippen LogP contribution in [0.4, 0.5) is 10.5 Å². The molecule has 1 aromatic carbocycles. The summed E-state index contributed by atoms with van der Waals surface area (Å²) in [6.07, 6.45) is 0.706. The van der Waals surface area contributed by atoms with E-state index in [4.69, 9.17) is 4.74 Å². The van der Waals surface area contributed by atoms with Crippen LogP contribution in [0.2, 0.25) is 19.6 Å². The van der Waals surface area contributed by atoms with Gasteiger partial charge in [0.25, 0.3) is 0 Å². The zero-order chi connectivity index (χ0) is 15.8. The van der Waals surface area contributed by atoms with Gasteiger partial charge >= 0.3 is 6.09 Å². The summed E-state index contributed by atoms with van der Waals surface area (Å²) in [7, 11) is -1.23. The van der Waals surface area contributed by atoms with Gasteiger partial charge in [-0.05, 0) is 44.4 Å². The van der Waals surface area contributed by atoms with Crippen molar-refractivity contribution in [3.8, 4) is 0 Å². The number of hydrogen-bond donors (Lipinski definition) is 0. The van der Waals surface area contributed by atoms with E-state index in [1.807, 2.05) is 25.7 Å². The minimum atomic E-state index is -1.23. The molecule has 0 bridgehead atoms. The number of hydrogen-bond acceptors (Lipinski definition) is 2. The fraction of sp³-hybridized carbons (Fsp3) is 0.588. The molecule has 3 nitrogen and oxygen atoms in total. The van der Waals surface area contributed by atoms with E-state index in [1.54, 1.807) is 0 Å². The van der Waals surface area contributed by atoms with Crippen LogP contribution in [0.15, 0.2) is 18.2 Å². The molecular formula is C17H27NO2Si. The van der Waals surface area contributed by atoms with Crippen molar-refractivity contribution in [1.82, 2.24) is 0 Å². The number of fused-ring (bicyclic) bond motifs is 1. The maximum atomic E-state index is 12.5. The molecule has 1 aliphatic heterocycles. The number of amides is 1. The normalized spacial score (nSPS) is 15.0. The molecule has 0 fully saturated rings. The van der Waals surface area contributed by atoms with Crippen molar-refractivity contribution in [1.29, 1.82) is 0 Å². The van der Waals surface area contributed by atoms with E-state index >= 15 is 0 Å². The molecule has 21 heavy (non-hydrogen) atoms. The van der Waals surface area contributed by atoms with Crippen LogP contribution in [0.5, 0.6) is 0 Å². The lowest BCUT2D eigenvalue weighted by Gasteiger charge is -2.27. The lowest BCUT2D eigenvalue weighted by atomic mass is 10.1. The Morgan fingerprint density at radius 1 is 1.29 bits per heavy atom. The van der Waals surface area contributed by atoms with Crippen LogP contribution in [0.1, 0.15) is 31.9 Å². The number of ether oxygens (including phenoxy) is 1. The molecule has 4 heteroatoms. The fourth-order valence-electron chi connectivity index (χ4n) is 2.75. The average Bonchev–Trinajstić information content (AvgIpc) is 2.69. The van der Waals surface area contributed by atoms with E-state index in [9.17, 15) is 4.79 Å². The van der Waals surface area contributed by atoms with Crippen molar-refractivity contribution in [2.24, 2.45) is 0 Å². The summed E-state index contributed by atoms with van der Waals surface area (Å²) < 4.78 is 5.56. The first-order chi connectivity index (χ1) is 9.57. The maximum Gasteiger partial charge on any atom is 0.414 e. The summed E-state index contributed by atoms with van der Waals surface area (Å²) in [4.78, 5) is 14.3. The molecule has 0 atom stereocenters. The number of para-hydroxylation sites is 1. The predicted molar refractivity (Wildman–Crippen MR) is 90.8 cm³/mol. The van der Waals surface area contributed by atoms with E-state index in [-0.39, 0.29) is 6.09 Å². The molecule has 0 saturated carbocycles. The van der Waals surface area contributed by atoms with Gasteiger partial charge in [0.05, 0.1) is 5.69 Å². The Balaban J connectivity index is 2.31. The molecule has 0 aliphatic carbocycles. The van der Waals surface area contributed by atoms with Gasteiger partial charge in [-0.3, -0.25) is 4.90 Å². The minimum Gasteiger partial charge on any atom is -0.443 e. The molecule has 0 spiro atoms. The Labute approximate surface area is 129 Å². The quantitative estimate of drug-likeness (QED) is 0.758. The highest BCUT2D eigenvalue weighted by Crippen LogP contribution is 2.34. The van der Waals surface area contributed by atoms with E-state index in [2.05, 4.69) is 37.8 Å². The van der Waals surface area contributed by atoms with Gasteiger partial charge in [-0.2, -0.15) is 0 Å². The summed E-state index contributed by atoms with van der Waals surface area (Å²) in [6, 6.07) is 7.51. The molecule has 0 N–H and O–H groups in total. The first-order valence-corrected chi connectivity index (χ1v) is 11.4. The van der Waals surface area contributed by atoms with E-state index in [0.29, 0.717) is 0 Å². The van der Waals surface area contributed by atoms with Gasteiger partial charge in [0.1, 0.15) is 5.60 Å². The lowest BCUT2D eigenvalue weighted by molar-refractivity contribution is 0.0583. The molecule has 1 heterocycles. The Hall–Kier alpha value is -1.29. The summed E-state index contributed by atoms with van der Waals surface area (Å²) in [5, 5.41) is 0. The molecule has 116 valence electrons. The van der Waals surface area contributed by atoms with Crippen LogP contribution in [0.25, 0.3) is 0 Å². The number of rotatable bonds is 2. The topological polar surface area (TPSA) is 29.5 Å². The van der Waals surface area contributed by atoms with Crippen LogP contribution in [-0.4, -0.2) is 26.3 Å². The number of nitrogens with zero attached hydrogens (tertiary/aromatic N) is 1. The molecule has 0 saturated heterocycles. The van der Waals surface area contributed by atoms with E-state index in [1.165, 1.54) is 11.1 Å². The molecular weight excluding hydrogens is 278 g/mol. The summed E-state index contributed by atoms with van der Waals surface area (Å²) in [5.41, 5.74) is 3.23. The Morgan fingerprint density at radius 2 is 1.95 bits per heavy atom. The van der Waals surface area contributed by atoms with E-state index < -0.39 is 13.7 Å². The van der Waals surface area contributed by atoms with Gasteiger partial charge in [0.2, 0.25) is 0 Å². The highest BCUT2D eigenvalue weighted by molar-refractivity contribution is 6.75. The molecule has 0 unspecified atom stereocenters. The zero-order valence-electron chi connectivity index (χ0n) is 14.1. The number of carbonyl (C=O) groups is 1. The standard InChI is InChI=1S/C17H27NO2Si/c1-17(2,3)20-16(19)18-11-10-13-8-7-9-14(15(13)18)12-21(4,5)6/h7-9H,10-12H2,1-6H3. The highest BCUT2D eigenvalue weighted by Gasteiger charge is 2.31. The highest BCUT2D eigenvalue weighted by atomic mass is 28.3. The number of carbonyl (C=O) groups excluding carboxylic acids is 1. The van der Waals surface area contributed by atoms with Gasteiger partial charge < -0.3 is 4.74 Å². The van der Waals surface area contributed by atoms with Crippen molar-refractivity contribution < 1.29 is 9.53 Å². The first kappa shape index (κ1) is 16.1. The second-order valence-corrected chi connectivity index (χ2v) is 13.5. The van der Waals surface area contributed by atoms with Crippen LogP contribution in [0, 0.1) is 0 Å². The van der Waals surface area contributed by atoms with Crippen molar-refractivity contribution in [2.75, 3.05) is 11.4 Å². The van der Waals surface area contributed by atoms with Gasteiger partial charge in [0.15, 0.2) is 0 Å². The van der Waals surface area contributed by atoms with Crippen molar-refractivity contribution >= 4 is 19.9 Å². The van der Waals surface area contributed by atoms with Crippen molar-refractivity contribution in [3.63, 3.8) is 0 Å². The van der Waals surface area contributed by atoms with Gasteiger partial charge in [-0.25, -0.2) is 4.79 Å². The lowest BCUT2D eigenvalue weighted by Crippen LogP contribution is -2.36. The maximum absolute atomic E-state index is 12.5. The second-order valence-electron chi connectivity index (χ2n) is 8.04. The molecule has 0 aromatic heterocycles. The smallest absolute Gasteiger partial charge is 0.414 e. The Morgan fingerprint density at radius 3 is 2.52 bits per heavy atom. The summed E-state index contributed by atoms with van der Waals surface area (Å²) >= 11 is 0. The SMILES string of the molecule is CC(C)(C)OC(=O)N1CCc2cccc(C[Si](C)(C)C)c21. The number of anilines is 1. The van der Waals surface area contributed by atoms with Crippen LogP contribution >= 0.6 is 0 Å². The second kappa shape index (κ2) is 5.48. The van der Waals surface area contributed by atoms with Gasteiger partial charge in [-0.1, -0.05) is 37.8 Å². The largest absolute Gasteiger partial charge is 0.443 e. The van der Waals surface area contributed by atoms with Crippen LogP contribution in [-0.2, 0) is 17.2 Å². The minimum absolute atomic E-state index is 0.218. The third kappa shape index (κ3) is 4.10. The molecule has 1 aliphatic rings. The molecule has 1 aromatic rings. The van der Waals surface area contributed by atoms with Crippen molar-refractivity contribution in [3.05, 3.63) is 29.3 Å². The molecule has 1 amide bonds. The fourth-order valence-corrected chi connectivity index (χ4v) is 4.18. The van der Waals surface area contributed by atoms with Crippen LogP contribution in [0.3, 0.4) is 0 Å². The molecule has 2 rings (SSSR count). The summed E-state index contributed by atoms with van der Waals surface area (Å²) in [6.45, 7) is 13.5. The summed E-state index contributed by atoms with van der Waals surface area (Å²) in [5.74, 6) is 0. The average molecular weight is 305 g/mol. The first-order valence-electron chi connectivity index (χ1n) is 7.68. The van der Waals surface area contributed by atoms with Gasteiger partial charge in [-0.15, -0.1) is 0 Å². The van der Waals surface area contributed by atoms with E-state index in [0.717, 1.165) is 24.7 Å². The molecule has 0 radical (unpaired) electrons.